The van der Waals surface area contributed by atoms with Gasteiger partial charge in [0.25, 0.3) is 0 Å². The second kappa shape index (κ2) is 4.74. The minimum Gasteiger partial charge on any atom is -0.397 e. The van der Waals surface area contributed by atoms with E-state index in [1.54, 1.807) is 0 Å². The van der Waals surface area contributed by atoms with E-state index in [9.17, 15) is 0 Å². The Bertz CT molecular complexity index is 297. The van der Waals surface area contributed by atoms with Gasteiger partial charge in [-0.25, -0.2) is 0 Å². The third-order valence-corrected chi connectivity index (χ3v) is 2.36. The fourth-order valence-electron chi connectivity index (χ4n) is 1.32. The van der Waals surface area contributed by atoms with Gasteiger partial charge >= 0.3 is 0 Å². The van der Waals surface area contributed by atoms with E-state index >= 15 is 0 Å². The largest absolute Gasteiger partial charge is 0.397 e. The van der Waals surface area contributed by atoms with Gasteiger partial charge < -0.3 is 16.4 Å². The van der Waals surface area contributed by atoms with Crippen molar-refractivity contribution in [2.24, 2.45) is 0 Å². The zero-order chi connectivity index (χ0) is 10.6. The standard InChI is InChI=1S/C11H19N3/c1-3-4-7-14(2)9-5-6-10(12)11(13)8-9/h5-6,8H,3-4,7,12-13H2,1-2H3. The number of hydrogen-bond acceptors (Lipinski definition) is 3. The van der Waals surface area contributed by atoms with Crippen LogP contribution in [-0.4, -0.2) is 13.6 Å². The summed E-state index contributed by atoms with van der Waals surface area (Å²) in [6, 6.07) is 5.78. The summed E-state index contributed by atoms with van der Waals surface area (Å²) >= 11 is 0. The van der Waals surface area contributed by atoms with E-state index in [2.05, 4.69) is 18.9 Å². The molecule has 0 saturated carbocycles. The number of benzene rings is 1. The van der Waals surface area contributed by atoms with E-state index in [0.717, 1.165) is 12.2 Å². The van der Waals surface area contributed by atoms with Crippen LogP contribution < -0.4 is 16.4 Å². The monoisotopic (exact) mass is 193 g/mol. The van der Waals surface area contributed by atoms with Crippen molar-refractivity contribution in [3.63, 3.8) is 0 Å². The van der Waals surface area contributed by atoms with Crippen molar-refractivity contribution in [1.29, 1.82) is 0 Å². The number of nitrogens with zero attached hydrogens (tertiary/aromatic N) is 1. The first-order valence-corrected chi connectivity index (χ1v) is 5.01. The zero-order valence-corrected chi connectivity index (χ0v) is 8.96. The average molecular weight is 193 g/mol. The highest BCUT2D eigenvalue weighted by Crippen LogP contribution is 2.22. The van der Waals surface area contributed by atoms with E-state index in [-0.39, 0.29) is 0 Å². The van der Waals surface area contributed by atoms with Gasteiger partial charge in [0.05, 0.1) is 11.4 Å². The number of hydrogen-bond donors (Lipinski definition) is 2. The molecular weight excluding hydrogens is 174 g/mol. The maximum atomic E-state index is 5.74. The molecule has 0 aliphatic heterocycles. The van der Waals surface area contributed by atoms with Crippen LogP contribution >= 0.6 is 0 Å². The maximum Gasteiger partial charge on any atom is 0.0568 e. The first-order chi connectivity index (χ1) is 6.65. The molecule has 0 saturated heterocycles. The fraction of sp³-hybridized carbons (Fsp3) is 0.455. The van der Waals surface area contributed by atoms with Gasteiger partial charge in [-0.2, -0.15) is 0 Å². The summed E-state index contributed by atoms with van der Waals surface area (Å²) in [6.45, 7) is 3.24. The molecule has 3 heteroatoms. The molecule has 0 unspecified atom stereocenters. The number of unbranched alkanes of at least 4 members (excludes halogenated alkanes) is 1. The summed E-state index contributed by atoms with van der Waals surface area (Å²) in [5.41, 5.74) is 13.8. The summed E-state index contributed by atoms with van der Waals surface area (Å²) < 4.78 is 0. The van der Waals surface area contributed by atoms with Crippen LogP contribution in [0.5, 0.6) is 0 Å². The minimum absolute atomic E-state index is 0.651. The Morgan fingerprint density at radius 3 is 2.50 bits per heavy atom. The van der Waals surface area contributed by atoms with E-state index in [0.29, 0.717) is 11.4 Å². The molecule has 78 valence electrons. The summed E-state index contributed by atoms with van der Waals surface area (Å²) in [7, 11) is 2.07. The molecule has 14 heavy (non-hydrogen) atoms. The molecule has 0 aliphatic carbocycles. The lowest BCUT2D eigenvalue weighted by Gasteiger charge is -2.19. The van der Waals surface area contributed by atoms with Gasteiger partial charge in [0.2, 0.25) is 0 Å². The van der Waals surface area contributed by atoms with Crippen LogP contribution in [0.15, 0.2) is 18.2 Å². The smallest absolute Gasteiger partial charge is 0.0568 e. The molecule has 0 radical (unpaired) electrons. The Morgan fingerprint density at radius 1 is 1.21 bits per heavy atom. The lowest BCUT2D eigenvalue weighted by atomic mass is 10.2. The molecule has 0 bridgehead atoms. The van der Waals surface area contributed by atoms with Gasteiger partial charge in [0.1, 0.15) is 0 Å². The molecule has 0 amide bonds. The third-order valence-electron chi connectivity index (χ3n) is 2.36. The molecule has 1 aromatic carbocycles. The summed E-state index contributed by atoms with van der Waals surface area (Å²) in [4.78, 5) is 2.19. The number of rotatable bonds is 4. The third kappa shape index (κ3) is 2.55. The maximum absolute atomic E-state index is 5.74. The predicted molar refractivity (Wildman–Crippen MR) is 63.4 cm³/mol. The van der Waals surface area contributed by atoms with Crippen molar-refractivity contribution in [3.8, 4) is 0 Å². The van der Waals surface area contributed by atoms with Gasteiger partial charge in [0, 0.05) is 19.3 Å². The molecule has 0 atom stereocenters. The molecule has 1 aromatic rings. The van der Waals surface area contributed by atoms with Crippen molar-refractivity contribution in [1.82, 2.24) is 0 Å². The summed E-state index contributed by atoms with van der Waals surface area (Å²) in [5.74, 6) is 0. The molecule has 0 heterocycles. The van der Waals surface area contributed by atoms with Gasteiger partial charge in [-0.1, -0.05) is 13.3 Å². The van der Waals surface area contributed by atoms with E-state index in [1.165, 1.54) is 12.8 Å². The van der Waals surface area contributed by atoms with Crippen LogP contribution in [0.1, 0.15) is 19.8 Å². The first kappa shape index (κ1) is 10.7. The molecule has 3 nitrogen and oxygen atoms in total. The molecular formula is C11H19N3. The Morgan fingerprint density at radius 2 is 1.93 bits per heavy atom. The lowest BCUT2D eigenvalue weighted by Crippen LogP contribution is -2.18. The Kier molecular flexibility index (Phi) is 3.63. The number of anilines is 3. The van der Waals surface area contributed by atoms with Crippen LogP contribution in [-0.2, 0) is 0 Å². The van der Waals surface area contributed by atoms with E-state index < -0.39 is 0 Å². The highest BCUT2D eigenvalue weighted by atomic mass is 15.1. The van der Waals surface area contributed by atoms with Gasteiger partial charge in [-0.15, -0.1) is 0 Å². The van der Waals surface area contributed by atoms with Crippen molar-refractivity contribution in [2.75, 3.05) is 30.0 Å². The molecule has 0 spiro atoms. The van der Waals surface area contributed by atoms with Crippen molar-refractivity contribution < 1.29 is 0 Å². The van der Waals surface area contributed by atoms with Crippen LogP contribution in [0.3, 0.4) is 0 Å². The molecule has 0 fully saturated rings. The quantitative estimate of drug-likeness (QED) is 0.720. The second-order valence-electron chi connectivity index (χ2n) is 3.59. The summed E-state index contributed by atoms with van der Waals surface area (Å²) in [5, 5.41) is 0. The lowest BCUT2D eigenvalue weighted by molar-refractivity contribution is 0.767. The second-order valence-corrected chi connectivity index (χ2v) is 3.59. The molecule has 0 aliphatic rings. The molecule has 0 aromatic heterocycles. The van der Waals surface area contributed by atoms with Crippen molar-refractivity contribution in [3.05, 3.63) is 18.2 Å². The van der Waals surface area contributed by atoms with Crippen LogP contribution in [0, 0.1) is 0 Å². The number of nitrogens with two attached hydrogens (primary N) is 2. The highest BCUT2D eigenvalue weighted by Gasteiger charge is 2.01. The van der Waals surface area contributed by atoms with E-state index in [1.807, 2.05) is 18.2 Å². The van der Waals surface area contributed by atoms with E-state index in [4.69, 9.17) is 11.5 Å². The fourth-order valence-corrected chi connectivity index (χ4v) is 1.32. The van der Waals surface area contributed by atoms with Gasteiger partial charge in [0.15, 0.2) is 0 Å². The summed E-state index contributed by atoms with van der Waals surface area (Å²) in [6.07, 6.45) is 2.40. The normalized spacial score (nSPS) is 10.1. The Balaban J connectivity index is 2.70. The SMILES string of the molecule is CCCCN(C)c1ccc(N)c(N)c1. The first-order valence-electron chi connectivity index (χ1n) is 5.01. The predicted octanol–water partition coefficient (Wildman–Crippen LogP) is 2.09. The Labute approximate surface area is 85.7 Å². The highest BCUT2D eigenvalue weighted by molar-refractivity contribution is 5.69. The average Bonchev–Trinajstić information content (AvgIpc) is 2.18. The van der Waals surface area contributed by atoms with Gasteiger partial charge in [-0.3, -0.25) is 0 Å². The zero-order valence-electron chi connectivity index (χ0n) is 8.96. The van der Waals surface area contributed by atoms with Crippen molar-refractivity contribution >= 4 is 17.1 Å². The Hall–Kier alpha value is -1.38. The number of nitrogen functional groups attached to an aromatic ring is 2. The van der Waals surface area contributed by atoms with Crippen LogP contribution in [0.25, 0.3) is 0 Å². The molecule has 1 rings (SSSR count). The van der Waals surface area contributed by atoms with Gasteiger partial charge in [-0.05, 0) is 24.6 Å². The van der Waals surface area contributed by atoms with Crippen LogP contribution in [0.4, 0.5) is 17.1 Å². The van der Waals surface area contributed by atoms with Crippen molar-refractivity contribution in [2.45, 2.75) is 19.8 Å². The molecule has 4 N–H and O–H groups in total. The van der Waals surface area contributed by atoms with Crippen LogP contribution in [0.2, 0.25) is 0 Å². The minimum atomic E-state index is 0.651. The topological polar surface area (TPSA) is 55.3 Å².